The quantitative estimate of drug-likeness (QED) is 0.506. The molecule has 5 unspecified atom stereocenters. The largest absolute Gasteiger partial charge is 0.394 e. The van der Waals surface area contributed by atoms with Gasteiger partial charge < -0.3 is 19.7 Å². The van der Waals surface area contributed by atoms with Gasteiger partial charge in [-0.3, -0.25) is 0 Å². The molecular formula is C23H21ClF2N4O4S. The lowest BCUT2D eigenvalue weighted by Gasteiger charge is -2.43. The number of hydrogen-bond acceptors (Lipinski definition) is 8. The Morgan fingerprint density at radius 1 is 1.29 bits per heavy atom. The van der Waals surface area contributed by atoms with Crippen molar-refractivity contribution in [3.8, 4) is 17.3 Å². The van der Waals surface area contributed by atoms with Crippen LogP contribution in [-0.2, 0) is 9.47 Å². The molecular weight excluding hydrogens is 502 g/mol. The molecule has 2 heterocycles. The average molecular weight is 523 g/mol. The van der Waals surface area contributed by atoms with Crippen LogP contribution >= 0.6 is 23.4 Å². The summed E-state index contributed by atoms with van der Waals surface area (Å²) in [4.78, 5) is 0.531. The second-order valence-electron chi connectivity index (χ2n) is 7.93. The van der Waals surface area contributed by atoms with Crippen molar-refractivity contribution >= 4 is 23.4 Å². The molecule has 0 saturated carbocycles. The van der Waals surface area contributed by atoms with E-state index in [0.717, 1.165) is 23.9 Å². The minimum atomic E-state index is -1.25. The molecule has 1 fully saturated rings. The normalized spacial score (nSPS) is 24.3. The molecule has 0 amide bonds. The summed E-state index contributed by atoms with van der Waals surface area (Å²) in [6.45, 7) is 0.832. The Morgan fingerprint density at radius 2 is 2.00 bits per heavy atom. The lowest BCUT2D eigenvalue weighted by atomic mass is 9.97. The van der Waals surface area contributed by atoms with E-state index in [1.165, 1.54) is 24.9 Å². The van der Waals surface area contributed by atoms with E-state index in [1.54, 1.807) is 18.2 Å². The number of hydrogen-bond donors (Lipinski definition) is 2. The van der Waals surface area contributed by atoms with Crippen LogP contribution in [0, 0.1) is 29.9 Å². The summed E-state index contributed by atoms with van der Waals surface area (Å²) in [5.74, 6) is -1.44. The Balaban J connectivity index is 1.70. The van der Waals surface area contributed by atoms with Gasteiger partial charge in [-0.2, -0.15) is 5.26 Å². The molecule has 0 spiro atoms. The second kappa shape index (κ2) is 10.6. The van der Waals surface area contributed by atoms with Gasteiger partial charge in [0.25, 0.3) is 0 Å². The molecule has 12 heteroatoms. The van der Waals surface area contributed by atoms with Crippen LogP contribution in [0.5, 0.6) is 0 Å². The third kappa shape index (κ3) is 5.04. The molecule has 2 N–H and O–H groups in total. The summed E-state index contributed by atoms with van der Waals surface area (Å²) in [6.07, 6.45) is -1.64. The van der Waals surface area contributed by atoms with E-state index in [4.69, 9.17) is 21.1 Å². The maximum absolute atomic E-state index is 14.1. The lowest BCUT2D eigenvalue weighted by Crippen LogP contribution is -2.55. The Hall–Kier alpha value is -2.59. The van der Waals surface area contributed by atoms with E-state index in [2.05, 4.69) is 16.4 Å². The second-order valence-corrected chi connectivity index (χ2v) is 9.50. The van der Waals surface area contributed by atoms with Crippen LogP contribution in [0.1, 0.15) is 17.2 Å². The molecule has 1 aromatic heterocycles. The molecule has 3 aromatic rings. The van der Waals surface area contributed by atoms with E-state index in [1.807, 2.05) is 0 Å². The number of aliphatic hydroxyl groups is 2. The van der Waals surface area contributed by atoms with Gasteiger partial charge in [0.15, 0.2) is 0 Å². The maximum atomic E-state index is 14.1. The van der Waals surface area contributed by atoms with Gasteiger partial charge in [0, 0.05) is 28.2 Å². The van der Waals surface area contributed by atoms with Crippen molar-refractivity contribution in [2.45, 2.75) is 41.6 Å². The summed E-state index contributed by atoms with van der Waals surface area (Å²) in [5, 5.41) is 38.8. The first-order valence-corrected chi connectivity index (χ1v) is 11.7. The van der Waals surface area contributed by atoms with Crippen molar-refractivity contribution in [3.05, 3.63) is 64.3 Å². The molecule has 5 atom stereocenters. The number of methoxy groups -OCH3 is 1. The van der Waals surface area contributed by atoms with Crippen LogP contribution in [0.4, 0.5) is 8.78 Å². The average Bonchev–Trinajstić information content (AvgIpc) is 3.32. The Bertz CT molecular complexity index is 1250. The van der Waals surface area contributed by atoms with E-state index >= 15 is 0 Å². The highest BCUT2D eigenvalue weighted by molar-refractivity contribution is 7.99. The molecule has 4 rings (SSSR count). The van der Waals surface area contributed by atoms with Crippen molar-refractivity contribution in [1.29, 1.82) is 5.26 Å². The molecule has 35 heavy (non-hydrogen) atoms. The molecule has 184 valence electrons. The number of aliphatic hydroxyl groups excluding tert-OH is 2. The van der Waals surface area contributed by atoms with Crippen LogP contribution in [0.2, 0.25) is 5.02 Å². The molecule has 1 aliphatic rings. The summed E-state index contributed by atoms with van der Waals surface area (Å²) in [5.41, 5.74) is -0.160. The number of nitrogens with zero attached hydrogens (tertiary/aromatic N) is 4. The number of thioether (sulfide) groups is 1. The zero-order valence-electron chi connectivity index (χ0n) is 18.6. The Labute approximate surface area is 209 Å². The number of benzene rings is 2. The molecule has 1 saturated heterocycles. The zero-order chi connectivity index (χ0) is 25.3. The van der Waals surface area contributed by atoms with Gasteiger partial charge in [-0.25, -0.2) is 13.5 Å². The fourth-order valence-corrected chi connectivity index (χ4v) is 5.40. The van der Waals surface area contributed by atoms with Gasteiger partial charge >= 0.3 is 0 Å². The first-order valence-electron chi connectivity index (χ1n) is 10.5. The summed E-state index contributed by atoms with van der Waals surface area (Å²) >= 11 is 7.26. The molecule has 8 nitrogen and oxygen atoms in total. The Kier molecular flexibility index (Phi) is 7.70. The van der Waals surface area contributed by atoms with Gasteiger partial charge in [0.05, 0.1) is 18.4 Å². The molecule has 2 aromatic carbocycles. The van der Waals surface area contributed by atoms with Crippen LogP contribution in [-0.4, -0.2) is 62.7 Å². The first-order chi connectivity index (χ1) is 16.8. The standard InChI is InChI=1S/C23H21ClF2N4O4S/c1-11-15(25)5-13(6-16(11)26)17-9-30(29-28-17)20-21(32)18(10-31)34-23(22(20)33-2)35-19-7-14(24)4-3-12(19)8-27/h3-7,9,18,20-23,31-32H,10H2,1-2H3. The monoisotopic (exact) mass is 522 g/mol. The summed E-state index contributed by atoms with van der Waals surface area (Å²) in [7, 11) is 1.42. The maximum Gasteiger partial charge on any atom is 0.136 e. The van der Waals surface area contributed by atoms with Gasteiger partial charge in [0.1, 0.15) is 53.2 Å². The van der Waals surface area contributed by atoms with Crippen LogP contribution in [0.15, 0.2) is 41.4 Å². The molecule has 0 radical (unpaired) electrons. The summed E-state index contributed by atoms with van der Waals surface area (Å²) in [6, 6.07) is 8.30. The van der Waals surface area contributed by atoms with Gasteiger partial charge in [-0.15, -0.1) is 5.10 Å². The fourth-order valence-electron chi connectivity index (χ4n) is 3.87. The smallest absolute Gasteiger partial charge is 0.136 e. The highest BCUT2D eigenvalue weighted by Crippen LogP contribution is 2.41. The number of nitriles is 1. The number of halogens is 3. The minimum Gasteiger partial charge on any atom is -0.394 e. The van der Waals surface area contributed by atoms with Crippen molar-refractivity contribution in [2.24, 2.45) is 0 Å². The van der Waals surface area contributed by atoms with Gasteiger partial charge in [0.2, 0.25) is 0 Å². The first kappa shape index (κ1) is 25.5. The van der Waals surface area contributed by atoms with Crippen molar-refractivity contribution in [3.63, 3.8) is 0 Å². The molecule has 0 aliphatic carbocycles. The number of aromatic nitrogens is 3. The highest BCUT2D eigenvalue weighted by Gasteiger charge is 2.47. The van der Waals surface area contributed by atoms with Crippen molar-refractivity contribution in [2.75, 3.05) is 13.7 Å². The molecule has 1 aliphatic heterocycles. The third-order valence-corrected chi connectivity index (χ3v) is 7.23. The predicted molar refractivity (Wildman–Crippen MR) is 124 cm³/mol. The van der Waals surface area contributed by atoms with Crippen molar-refractivity contribution in [1.82, 2.24) is 15.0 Å². The third-order valence-electron chi connectivity index (χ3n) is 5.80. The molecule has 0 bridgehead atoms. The lowest BCUT2D eigenvalue weighted by molar-refractivity contribution is -0.186. The van der Waals surface area contributed by atoms with E-state index in [9.17, 15) is 24.3 Å². The number of ether oxygens (including phenoxy) is 2. The Morgan fingerprint density at radius 3 is 2.63 bits per heavy atom. The predicted octanol–water partition coefficient (Wildman–Crippen LogP) is 3.48. The minimum absolute atomic E-state index is 0.108. The van der Waals surface area contributed by atoms with Crippen molar-refractivity contribution < 1.29 is 28.5 Å². The van der Waals surface area contributed by atoms with Crippen LogP contribution < -0.4 is 0 Å². The highest BCUT2D eigenvalue weighted by atomic mass is 35.5. The van der Waals surface area contributed by atoms with Gasteiger partial charge in [-0.05, 0) is 37.3 Å². The van der Waals surface area contributed by atoms with Crippen LogP contribution in [0.3, 0.4) is 0 Å². The van der Waals surface area contributed by atoms with Crippen LogP contribution in [0.25, 0.3) is 11.3 Å². The SMILES string of the molecule is COC1C(Sc2cc(Cl)ccc2C#N)OC(CO)C(O)C1n1cc(-c2cc(F)c(C)c(F)c2)nn1. The van der Waals surface area contributed by atoms with E-state index in [-0.39, 0.29) is 16.8 Å². The van der Waals surface area contributed by atoms with E-state index < -0.39 is 48.0 Å². The topological polar surface area (TPSA) is 113 Å². The fraction of sp³-hybridized carbons (Fsp3) is 0.348. The zero-order valence-corrected chi connectivity index (χ0v) is 20.2. The van der Waals surface area contributed by atoms with E-state index in [0.29, 0.717) is 15.5 Å². The number of rotatable bonds is 6. The summed E-state index contributed by atoms with van der Waals surface area (Å²) < 4.78 is 41.1. The van der Waals surface area contributed by atoms with Gasteiger partial charge in [-0.1, -0.05) is 28.6 Å².